The van der Waals surface area contributed by atoms with Crippen LogP contribution in [0.2, 0.25) is 5.02 Å². The van der Waals surface area contributed by atoms with Crippen LogP contribution in [0.4, 0.5) is 0 Å². The summed E-state index contributed by atoms with van der Waals surface area (Å²) in [7, 11) is 0. The molecule has 0 bridgehead atoms. The molecule has 1 N–H and O–H groups in total. The van der Waals surface area contributed by atoms with E-state index in [0.717, 1.165) is 10.9 Å². The van der Waals surface area contributed by atoms with Crippen molar-refractivity contribution in [1.29, 1.82) is 0 Å². The van der Waals surface area contributed by atoms with Gasteiger partial charge in [-0.3, -0.25) is 0 Å². The monoisotopic (exact) mass is 256 g/mol. The summed E-state index contributed by atoms with van der Waals surface area (Å²) in [6.07, 6.45) is 1.68. The van der Waals surface area contributed by atoms with E-state index in [4.69, 9.17) is 11.6 Å². The van der Waals surface area contributed by atoms with Gasteiger partial charge in [0.1, 0.15) is 11.4 Å². The Hall–Kier alpha value is -2.13. The molecule has 0 amide bonds. The van der Waals surface area contributed by atoms with Gasteiger partial charge in [-0.05, 0) is 30.3 Å². The van der Waals surface area contributed by atoms with E-state index in [1.54, 1.807) is 24.4 Å². The Labute approximate surface area is 109 Å². The van der Waals surface area contributed by atoms with E-state index in [2.05, 4.69) is 9.97 Å². The van der Waals surface area contributed by atoms with Crippen molar-refractivity contribution in [3.8, 4) is 17.0 Å². The molecule has 3 nitrogen and oxygen atoms in total. The molecule has 2 aromatic heterocycles. The summed E-state index contributed by atoms with van der Waals surface area (Å²) in [5, 5.41) is 11.5. The standard InChI is InChI=1S/C14H9ClN2O/c15-11-5-3-9(4-6-11)13-12(18)8-10-2-1-7-16-14(10)17-13/h1-8,18H. The Balaban J connectivity index is 2.22. The third-order valence-corrected chi connectivity index (χ3v) is 2.94. The molecule has 0 aliphatic rings. The van der Waals surface area contributed by atoms with Gasteiger partial charge in [-0.25, -0.2) is 9.97 Å². The molecule has 0 atom stereocenters. The predicted molar refractivity (Wildman–Crippen MR) is 71.6 cm³/mol. The number of rotatable bonds is 1. The highest BCUT2D eigenvalue weighted by Gasteiger charge is 2.08. The van der Waals surface area contributed by atoms with Crippen LogP contribution in [0.1, 0.15) is 0 Å². The van der Waals surface area contributed by atoms with Gasteiger partial charge in [-0.2, -0.15) is 0 Å². The van der Waals surface area contributed by atoms with E-state index in [-0.39, 0.29) is 5.75 Å². The molecule has 1 aromatic carbocycles. The maximum atomic E-state index is 10.0. The second-order valence-electron chi connectivity index (χ2n) is 3.91. The summed E-state index contributed by atoms with van der Waals surface area (Å²) >= 11 is 5.84. The van der Waals surface area contributed by atoms with Crippen LogP contribution in [0.25, 0.3) is 22.3 Å². The van der Waals surface area contributed by atoms with Crippen molar-refractivity contribution in [3.05, 3.63) is 53.7 Å². The Morgan fingerprint density at radius 3 is 2.61 bits per heavy atom. The lowest BCUT2D eigenvalue weighted by molar-refractivity contribution is 0.476. The van der Waals surface area contributed by atoms with Crippen molar-refractivity contribution < 1.29 is 5.11 Å². The predicted octanol–water partition coefficient (Wildman–Crippen LogP) is 3.66. The maximum absolute atomic E-state index is 10.0. The molecular weight excluding hydrogens is 248 g/mol. The Morgan fingerprint density at radius 1 is 1.06 bits per heavy atom. The van der Waals surface area contributed by atoms with Crippen molar-refractivity contribution in [1.82, 2.24) is 9.97 Å². The highest BCUT2D eigenvalue weighted by molar-refractivity contribution is 6.30. The molecule has 2 heterocycles. The minimum atomic E-state index is 0.137. The molecule has 0 saturated heterocycles. The van der Waals surface area contributed by atoms with Gasteiger partial charge in [-0.1, -0.05) is 23.7 Å². The lowest BCUT2D eigenvalue weighted by atomic mass is 10.1. The van der Waals surface area contributed by atoms with Gasteiger partial charge in [0.15, 0.2) is 5.65 Å². The molecular formula is C14H9ClN2O. The van der Waals surface area contributed by atoms with Crippen LogP contribution in [-0.4, -0.2) is 15.1 Å². The van der Waals surface area contributed by atoms with Gasteiger partial charge >= 0.3 is 0 Å². The summed E-state index contributed by atoms with van der Waals surface area (Å²) in [6, 6.07) is 12.5. The highest BCUT2D eigenvalue weighted by Crippen LogP contribution is 2.30. The van der Waals surface area contributed by atoms with Crippen LogP contribution in [0.5, 0.6) is 5.75 Å². The number of nitrogens with zero attached hydrogens (tertiary/aromatic N) is 2. The van der Waals surface area contributed by atoms with Crippen molar-refractivity contribution in [2.45, 2.75) is 0 Å². The first-order chi connectivity index (χ1) is 8.74. The Kier molecular flexibility index (Phi) is 2.61. The molecule has 3 aromatic rings. The molecule has 0 radical (unpaired) electrons. The third-order valence-electron chi connectivity index (χ3n) is 2.69. The number of halogens is 1. The third kappa shape index (κ3) is 1.89. The summed E-state index contributed by atoms with van der Waals surface area (Å²) in [6.45, 7) is 0. The van der Waals surface area contributed by atoms with Crippen LogP contribution in [0.15, 0.2) is 48.7 Å². The van der Waals surface area contributed by atoms with E-state index in [1.807, 2.05) is 24.3 Å². The molecule has 4 heteroatoms. The highest BCUT2D eigenvalue weighted by atomic mass is 35.5. The number of benzene rings is 1. The van der Waals surface area contributed by atoms with Crippen molar-refractivity contribution in [3.63, 3.8) is 0 Å². The summed E-state index contributed by atoms with van der Waals surface area (Å²) in [5.74, 6) is 0.137. The van der Waals surface area contributed by atoms with E-state index in [0.29, 0.717) is 16.4 Å². The number of aromatic nitrogens is 2. The van der Waals surface area contributed by atoms with Gasteiger partial charge in [0.05, 0.1) is 0 Å². The molecule has 0 fully saturated rings. The average Bonchev–Trinajstić information content (AvgIpc) is 2.39. The fourth-order valence-corrected chi connectivity index (χ4v) is 1.94. The summed E-state index contributed by atoms with van der Waals surface area (Å²) in [4.78, 5) is 8.55. The SMILES string of the molecule is Oc1cc2cccnc2nc1-c1ccc(Cl)cc1. The van der Waals surface area contributed by atoms with E-state index < -0.39 is 0 Å². The molecule has 88 valence electrons. The number of hydrogen-bond donors (Lipinski definition) is 1. The topological polar surface area (TPSA) is 46.0 Å². The number of pyridine rings is 2. The number of hydrogen-bond acceptors (Lipinski definition) is 3. The van der Waals surface area contributed by atoms with Gasteiger partial charge in [-0.15, -0.1) is 0 Å². The zero-order chi connectivity index (χ0) is 12.5. The minimum absolute atomic E-state index is 0.137. The molecule has 3 rings (SSSR count). The van der Waals surface area contributed by atoms with Crippen LogP contribution in [-0.2, 0) is 0 Å². The van der Waals surface area contributed by atoms with Gasteiger partial charge in [0.2, 0.25) is 0 Å². The summed E-state index contributed by atoms with van der Waals surface area (Å²) < 4.78 is 0. The maximum Gasteiger partial charge on any atom is 0.160 e. The average molecular weight is 257 g/mol. The van der Waals surface area contributed by atoms with Gasteiger partial charge in [0.25, 0.3) is 0 Å². The van der Waals surface area contributed by atoms with Gasteiger partial charge < -0.3 is 5.11 Å². The first-order valence-electron chi connectivity index (χ1n) is 5.45. The molecule has 0 aliphatic heterocycles. The first-order valence-corrected chi connectivity index (χ1v) is 5.82. The minimum Gasteiger partial charge on any atom is -0.506 e. The zero-order valence-electron chi connectivity index (χ0n) is 9.34. The van der Waals surface area contributed by atoms with E-state index in [9.17, 15) is 5.11 Å². The fraction of sp³-hybridized carbons (Fsp3) is 0. The number of aromatic hydroxyl groups is 1. The smallest absolute Gasteiger partial charge is 0.160 e. The molecule has 18 heavy (non-hydrogen) atoms. The van der Waals surface area contributed by atoms with Crippen LogP contribution in [0, 0.1) is 0 Å². The first kappa shape index (κ1) is 11.0. The lowest BCUT2D eigenvalue weighted by Gasteiger charge is -2.05. The second kappa shape index (κ2) is 4.27. The van der Waals surface area contributed by atoms with Crippen LogP contribution >= 0.6 is 11.6 Å². The summed E-state index contributed by atoms with van der Waals surface area (Å²) in [5.41, 5.74) is 1.93. The normalized spacial score (nSPS) is 10.7. The van der Waals surface area contributed by atoms with E-state index >= 15 is 0 Å². The van der Waals surface area contributed by atoms with Gasteiger partial charge in [0, 0.05) is 22.2 Å². The second-order valence-corrected chi connectivity index (χ2v) is 4.35. The van der Waals surface area contributed by atoms with Crippen LogP contribution < -0.4 is 0 Å². The van der Waals surface area contributed by atoms with Crippen molar-refractivity contribution in [2.24, 2.45) is 0 Å². The lowest BCUT2D eigenvalue weighted by Crippen LogP contribution is -1.88. The largest absolute Gasteiger partial charge is 0.506 e. The molecule has 0 aliphatic carbocycles. The van der Waals surface area contributed by atoms with Crippen LogP contribution in [0.3, 0.4) is 0 Å². The quantitative estimate of drug-likeness (QED) is 0.723. The Bertz CT molecular complexity index is 711. The fourth-order valence-electron chi connectivity index (χ4n) is 1.81. The van der Waals surface area contributed by atoms with Crippen molar-refractivity contribution in [2.75, 3.05) is 0 Å². The Morgan fingerprint density at radius 2 is 1.83 bits per heavy atom. The molecule has 0 spiro atoms. The number of fused-ring (bicyclic) bond motifs is 1. The molecule has 0 unspecified atom stereocenters. The molecule has 0 saturated carbocycles. The van der Waals surface area contributed by atoms with E-state index in [1.165, 1.54) is 0 Å². The van der Waals surface area contributed by atoms with Crippen molar-refractivity contribution >= 4 is 22.6 Å². The zero-order valence-corrected chi connectivity index (χ0v) is 10.1.